The van der Waals surface area contributed by atoms with Crippen LogP contribution in [0.5, 0.6) is 5.75 Å². The maximum atomic E-state index is 13.2. The van der Waals surface area contributed by atoms with Crippen molar-refractivity contribution in [2.75, 3.05) is 0 Å². The Hall–Kier alpha value is -3.68. The molecule has 0 saturated carbocycles. The number of halogens is 6. The van der Waals surface area contributed by atoms with Crippen molar-refractivity contribution in [2.45, 2.75) is 31.6 Å². The number of rotatable bonds is 6. The first-order valence-corrected chi connectivity index (χ1v) is 9.53. The number of carbonyl (C=O) groups excluding carboxylic acids is 1. The van der Waals surface area contributed by atoms with E-state index in [0.29, 0.717) is 5.56 Å². The molecule has 0 saturated heterocycles. The lowest BCUT2D eigenvalue weighted by atomic mass is 10.1. The quantitative estimate of drug-likeness (QED) is 0.514. The third-order valence-corrected chi connectivity index (χ3v) is 4.43. The molecule has 2 unspecified atom stereocenters. The van der Waals surface area contributed by atoms with Gasteiger partial charge >= 0.3 is 12.5 Å². The number of aliphatic hydroxyl groups is 1. The van der Waals surface area contributed by atoms with Crippen molar-refractivity contribution in [3.8, 4) is 28.4 Å². The second-order valence-corrected chi connectivity index (χ2v) is 7.17. The van der Waals surface area contributed by atoms with E-state index in [1.54, 1.807) is 12.4 Å². The Bertz CT molecular complexity index is 1160. The SMILES string of the molecule is CC(O)C(NC(=O)c1cc(-c2ccc(OC(F)(F)F)cc2)nc(-c2cnn(C)c2)n1)C(F)(F)F. The lowest BCUT2D eigenvalue weighted by Gasteiger charge is -2.23. The van der Waals surface area contributed by atoms with Crippen molar-refractivity contribution >= 4 is 5.91 Å². The van der Waals surface area contributed by atoms with Crippen molar-refractivity contribution in [3.05, 3.63) is 48.4 Å². The van der Waals surface area contributed by atoms with E-state index >= 15 is 0 Å². The van der Waals surface area contributed by atoms with Gasteiger partial charge in [-0.15, -0.1) is 13.2 Å². The summed E-state index contributed by atoms with van der Waals surface area (Å²) in [5.41, 5.74) is 0.143. The molecule has 0 aliphatic rings. The van der Waals surface area contributed by atoms with Gasteiger partial charge in [-0.1, -0.05) is 0 Å². The molecule has 2 atom stereocenters. The van der Waals surface area contributed by atoms with Crippen molar-refractivity contribution in [1.29, 1.82) is 0 Å². The molecule has 2 heterocycles. The number of aromatic nitrogens is 4. The Kier molecular flexibility index (Phi) is 6.82. The zero-order chi connectivity index (χ0) is 25.3. The lowest BCUT2D eigenvalue weighted by molar-refractivity contribution is -0.274. The summed E-state index contributed by atoms with van der Waals surface area (Å²) in [7, 11) is 1.59. The fourth-order valence-corrected chi connectivity index (χ4v) is 2.90. The molecule has 1 amide bonds. The summed E-state index contributed by atoms with van der Waals surface area (Å²) in [6, 6.07) is 3.01. The van der Waals surface area contributed by atoms with E-state index in [4.69, 9.17) is 0 Å². The molecule has 34 heavy (non-hydrogen) atoms. The third kappa shape index (κ3) is 6.21. The Balaban J connectivity index is 2.02. The molecule has 0 aliphatic heterocycles. The van der Waals surface area contributed by atoms with Gasteiger partial charge in [0.2, 0.25) is 0 Å². The topological polar surface area (TPSA) is 102 Å². The molecule has 1 aromatic carbocycles. The molecular weight excluding hydrogens is 472 g/mol. The maximum absolute atomic E-state index is 13.2. The highest BCUT2D eigenvalue weighted by molar-refractivity contribution is 5.94. The van der Waals surface area contributed by atoms with E-state index < -0.39 is 42.0 Å². The summed E-state index contributed by atoms with van der Waals surface area (Å²) < 4.78 is 82.0. The van der Waals surface area contributed by atoms with Crippen LogP contribution in [0.15, 0.2) is 42.7 Å². The van der Waals surface area contributed by atoms with Crippen LogP contribution in [0.4, 0.5) is 26.3 Å². The molecule has 2 aromatic heterocycles. The minimum absolute atomic E-state index is 0.0400. The van der Waals surface area contributed by atoms with Crippen LogP contribution < -0.4 is 10.1 Å². The number of nitrogens with one attached hydrogen (secondary N) is 1. The van der Waals surface area contributed by atoms with Crippen LogP contribution >= 0.6 is 0 Å². The molecule has 2 N–H and O–H groups in total. The normalized spacial score (nSPS) is 13.9. The number of hydrogen-bond acceptors (Lipinski definition) is 6. The number of amides is 1. The van der Waals surface area contributed by atoms with Crippen LogP contribution in [-0.2, 0) is 7.05 Å². The number of hydrogen-bond donors (Lipinski definition) is 2. The maximum Gasteiger partial charge on any atom is 0.573 e. The summed E-state index contributed by atoms with van der Waals surface area (Å²) in [6.45, 7) is 0.871. The average molecular weight is 489 g/mol. The van der Waals surface area contributed by atoms with Gasteiger partial charge in [0.1, 0.15) is 11.4 Å². The molecule has 0 aliphatic carbocycles. The first-order chi connectivity index (χ1) is 15.7. The van der Waals surface area contributed by atoms with Gasteiger partial charge in [0, 0.05) is 18.8 Å². The van der Waals surface area contributed by atoms with Crippen molar-refractivity contribution in [3.63, 3.8) is 0 Å². The number of benzene rings is 1. The highest BCUT2D eigenvalue weighted by atomic mass is 19.4. The van der Waals surface area contributed by atoms with E-state index in [9.17, 15) is 36.2 Å². The fourth-order valence-electron chi connectivity index (χ4n) is 2.90. The predicted octanol–water partition coefficient (Wildman–Crippen LogP) is 3.48. The number of alkyl halides is 6. The van der Waals surface area contributed by atoms with Crippen LogP contribution in [0.2, 0.25) is 0 Å². The minimum Gasteiger partial charge on any atom is -0.406 e. The largest absolute Gasteiger partial charge is 0.573 e. The summed E-state index contributed by atoms with van der Waals surface area (Å²) in [5.74, 6) is -1.80. The van der Waals surface area contributed by atoms with E-state index in [0.717, 1.165) is 25.1 Å². The Labute approximate surface area is 188 Å². The van der Waals surface area contributed by atoms with E-state index in [1.165, 1.54) is 29.2 Å². The zero-order valence-electron chi connectivity index (χ0n) is 17.5. The van der Waals surface area contributed by atoms with Gasteiger partial charge in [0.15, 0.2) is 11.9 Å². The third-order valence-electron chi connectivity index (χ3n) is 4.43. The highest BCUT2D eigenvalue weighted by Crippen LogP contribution is 2.28. The van der Waals surface area contributed by atoms with Gasteiger partial charge in [-0.05, 0) is 37.3 Å². The molecule has 14 heteroatoms. The number of aliphatic hydroxyl groups excluding tert-OH is 1. The molecule has 0 fully saturated rings. The molecule has 3 rings (SSSR count). The molecule has 8 nitrogen and oxygen atoms in total. The second kappa shape index (κ2) is 9.29. The lowest BCUT2D eigenvalue weighted by Crippen LogP contribution is -2.51. The molecule has 0 spiro atoms. The highest BCUT2D eigenvalue weighted by Gasteiger charge is 2.44. The monoisotopic (exact) mass is 489 g/mol. The summed E-state index contributed by atoms with van der Waals surface area (Å²) >= 11 is 0. The van der Waals surface area contributed by atoms with Gasteiger partial charge in [-0.2, -0.15) is 18.3 Å². The van der Waals surface area contributed by atoms with Gasteiger partial charge in [0.05, 0.1) is 23.6 Å². The van der Waals surface area contributed by atoms with Gasteiger partial charge in [0.25, 0.3) is 5.91 Å². The zero-order valence-corrected chi connectivity index (χ0v) is 17.5. The predicted molar refractivity (Wildman–Crippen MR) is 105 cm³/mol. The molecule has 0 radical (unpaired) electrons. The first-order valence-electron chi connectivity index (χ1n) is 9.53. The van der Waals surface area contributed by atoms with Crippen molar-refractivity contribution in [1.82, 2.24) is 25.1 Å². The Morgan fingerprint density at radius 1 is 1.09 bits per heavy atom. The molecular formula is C20H17F6N5O3. The minimum atomic E-state index is -4.93. The van der Waals surface area contributed by atoms with Crippen LogP contribution in [0.25, 0.3) is 22.6 Å². The van der Waals surface area contributed by atoms with Crippen LogP contribution in [0.1, 0.15) is 17.4 Å². The van der Waals surface area contributed by atoms with Gasteiger partial charge < -0.3 is 15.2 Å². The van der Waals surface area contributed by atoms with Crippen molar-refractivity contribution in [2.24, 2.45) is 7.05 Å². The van der Waals surface area contributed by atoms with Crippen LogP contribution in [0.3, 0.4) is 0 Å². The molecule has 3 aromatic rings. The number of nitrogens with zero attached hydrogens (tertiary/aromatic N) is 4. The van der Waals surface area contributed by atoms with Crippen LogP contribution in [-0.4, -0.2) is 55.4 Å². The Morgan fingerprint density at radius 2 is 1.74 bits per heavy atom. The van der Waals surface area contributed by atoms with E-state index in [2.05, 4.69) is 19.8 Å². The second-order valence-electron chi connectivity index (χ2n) is 7.17. The molecule has 0 bridgehead atoms. The Morgan fingerprint density at radius 3 is 2.24 bits per heavy atom. The van der Waals surface area contributed by atoms with Gasteiger partial charge in [-0.3, -0.25) is 9.48 Å². The summed E-state index contributed by atoms with van der Waals surface area (Å²) in [4.78, 5) is 20.9. The number of ether oxygens (including phenoxy) is 1. The van der Waals surface area contributed by atoms with Crippen LogP contribution in [0, 0.1) is 0 Å². The number of carbonyl (C=O) groups is 1. The summed E-state index contributed by atoms with van der Waals surface area (Å²) in [5, 5.41) is 15.1. The summed E-state index contributed by atoms with van der Waals surface area (Å²) in [6.07, 6.45) is -8.91. The van der Waals surface area contributed by atoms with Gasteiger partial charge in [-0.25, -0.2) is 9.97 Å². The van der Waals surface area contributed by atoms with E-state index in [-0.39, 0.29) is 17.1 Å². The standard InChI is InChI=1S/C20H17F6N5O3/c1-10(32)16(19(21,22)23)30-18(33)15-7-14(28-17(29-15)12-8-27-31(2)9-12)11-3-5-13(6-4-11)34-20(24,25)26/h3-10,16,32H,1-2H3,(H,30,33). The first kappa shape index (κ1) is 25.0. The fraction of sp³-hybridized carbons (Fsp3) is 0.300. The average Bonchev–Trinajstić information content (AvgIpc) is 3.16. The van der Waals surface area contributed by atoms with Crippen molar-refractivity contribution < 1.29 is 41.0 Å². The molecule has 182 valence electrons. The number of aryl methyl sites for hydroxylation is 1. The van der Waals surface area contributed by atoms with E-state index in [1.807, 2.05) is 0 Å². The smallest absolute Gasteiger partial charge is 0.406 e.